The summed E-state index contributed by atoms with van der Waals surface area (Å²) in [6, 6.07) is 1.85. The van der Waals surface area contributed by atoms with E-state index in [1.807, 2.05) is 30.2 Å². The number of carboxylic acid groups (broad SMARTS) is 1. The summed E-state index contributed by atoms with van der Waals surface area (Å²) in [5.41, 5.74) is 0. The van der Waals surface area contributed by atoms with Crippen molar-refractivity contribution in [3.63, 3.8) is 0 Å². The molecule has 1 N–H and O–H groups in total. The molecule has 2 heterocycles. The molecular weight excluding hydrogens is 250 g/mol. The number of carbonyl (C=O) groups is 1. The van der Waals surface area contributed by atoms with Crippen LogP contribution < -0.4 is 4.90 Å². The van der Waals surface area contributed by atoms with E-state index in [2.05, 4.69) is 9.97 Å². The SMILES string of the molecule is CCN(c1ncc2ccsc2n1)C(C)CC(=O)O. The van der Waals surface area contributed by atoms with Gasteiger partial charge in [0.15, 0.2) is 0 Å². The third-order valence-electron chi connectivity index (χ3n) is 2.79. The number of aromatic nitrogens is 2. The first-order chi connectivity index (χ1) is 8.61. The molecule has 2 aromatic heterocycles. The van der Waals surface area contributed by atoms with Crippen molar-refractivity contribution in [3.8, 4) is 0 Å². The van der Waals surface area contributed by atoms with Crippen LogP contribution in [0.25, 0.3) is 10.2 Å². The molecule has 1 atom stereocenters. The van der Waals surface area contributed by atoms with Gasteiger partial charge in [-0.05, 0) is 25.3 Å². The van der Waals surface area contributed by atoms with Gasteiger partial charge in [-0.15, -0.1) is 11.3 Å². The van der Waals surface area contributed by atoms with Crippen LogP contribution in [0.1, 0.15) is 20.3 Å². The third-order valence-corrected chi connectivity index (χ3v) is 3.62. The smallest absolute Gasteiger partial charge is 0.305 e. The highest BCUT2D eigenvalue weighted by atomic mass is 32.1. The Morgan fingerprint density at radius 1 is 1.61 bits per heavy atom. The fourth-order valence-corrected chi connectivity index (χ4v) is 2.63. The first-order valence-electron chi connectivity index (χ1n) is 5.80. The van der Waals surface area contributed by atoms with Gasteiger partial charge in [-0.2, -0.15) is 0 Å². The third kappa shape index (κ3) is 2.59. The van der Waals surface area contributed by atoms with Crippen LogP contribution in [0.5, 0.6) is 0 Å². The van der Waals surface area contributed by atoms with Gasteiger partial charge in [0.25, 0.3) is 0 Å². The van der Waals surface area contributed by atoms with E-state index in [-0.39, 0.29) is 12.5 Å². The van der Waals surface area contributed by atoms with Gasteiger partial charge in [-0.1, -0.05) is 0 Å². The topological polar surface area (TPSA) is 66.3 Å². The molecule has 6 heteroatoms. The summed E-state index contributed by atoms with van der Waals surface area (Å²) in [6.45, 7) is 4.53. The highest BCUT2D eigenvalue weighted by Gasteiger charge is 2.18. The number of hydrogen-bond acceptors (Lipinski definition) is 5. The summed E-state index contributed by atoms with van der Waals surface area (Å²) < 4.78 is 0. The molecule has 0 radical (unpaired) electrons. The Hall–Kier alpha value is -1.69. The zero-order chi connectivity index (χ0) is 13.1. The summed E-state index contributed by atoms with van der Waals surface area (Å²) in [4.78, 5) is 22.4. The number of fused-ring (bicyclic) bond motifs is 1. The van der Waals surface area contributed by atoms with E-state index in [9.17, 15) is 4.79 Å². The quantitative estimate of drug-likeness (QED) is 0.899. The molecule has 0 aliphatic heterocycles. The van der Waals surface area contributed by atoms with Gasteiger partial charge in [0.2, 0.25) is 5.95 Å². The van der Waals surface area contributed by atoms with Crippen LogP contribution in [0.15, 0.2) is 17.6 Å². The molecule has 5 nitrogen and oxygen atoms in total. The molecule has 1 unspecified atom stereocenters. The minimum absolute atomic E-state index is 0.0830. The van der Waals surface area contributed by atoms with E-state index in [0.29, 0.717) is 12.5 Å². The first kappa shape index (κ1) is 12.8. The fraction of sp³-hybridized carbons (Fsp3) is 0.417. The largest absolute Gasteiger partial charge is 0.481 e. The average molecular weight is 265 g/mol. The second kappa shape index (κ2) is 5.30. The van der Waals surface area contributed by atoms with Crippen molar-refractivity contribution in [2.75, 3.05) is 11.4 Å². The molecule has 0 fully saturated rings. The number of hydrogen-bond donors (Lipinski definition) is 1. The highest BCUT2D eigenvalue weighted by Crippen LogP contribution is 2.21. The zero-order valence-corrected chi connectivity index (χ0v) is 11.1. The normalized spacial score (nSPS) is 12.6. The second-order valence-electron chi connectivity index (χ2n) is 4.08. The second-order valence-corrected chi connectivity index (χ2v) is 4.98. The summed E-state index contributed by atoms with van der Waals surface area (Å²) in [5, 5.41) is 11.8. The van der Waals surface area contributed by atoms with Crippen LogP contribution in [0.2, 0.25) is 0 Å². The van der Waals surface area contributed by atoms with E-state index in [1.54, 1.807) is 17.5 Å². The van der Waals surface area contributed by atoms with Crippen LogP contribution in [0.4, 0.5) is 5.95 Å². The monoisotopic (exact) mass is 265 g/mol. The summed E-state index contributed by atoms with van der Waals surface area (Å²) in [5.74, 6) is -0.209. The molecule has 2 aromatic rings. The van der Waals surface area contributed by atoms with Crippen molar-refractivity contribution < 1.29 is 9.90 Å². The number of aliphatic carboxylic acids is 1. The lowest BCUT2D eigenvalue weighted by Crippen LogP contribution is -2.35. The van der Waals surface area contributed by atoms with E-state index < -0.39 is 5.97 Å². The maximum Gasteiger partial charge on any atom is 0.305 e. The maximum absolute atomic E-state index is 10.8. The summed E-state index contributed by atoms with van der Waals surface area (Å²) in [7, 11) is 0. The predicted molar refractivity (Wildman–Crippen MR) is 72.1 cm³/mol. The van der Waals surface area contributed by atoms with Gasteiger partial charge >= 0.3 is 5.97 Å². The molecule has 0 aliphatic carbocycles. The van der Waals surface area contributed by atoms with Crippen molar-refractivity contribution in [2.45, 2.75) is 26.3 Å². The number of rotatable bonds is 5. The predicted octanol–water partition coefficient (Wildman–Crippen LogP) is 2.38. The Kier molecular flexibility index (Phi) is 3.76. The Morgan fingerprint density at radius 2 is 2.39 bits per heavy atom. The standard InChI is InChI=1S/C12H15N3O2S/c1-3-15(8(2)6-10(16)17)12-13-7-9-4-5-18-11(9)14-12/h4-5,7-8H,3,6H2,1-2H3,(H,16,17). The van der Waals surface area contributed by atoms with Gasteiger partial charge in [-0.25, -0.2) is 9.97 Å². The summed E-state index contributed by atoms with van der Waals surface area (Å²) in [6.07, 6.45) is 1.87. The van der Waals surface area contributed by atoms with Gasteiger partial charge in [0.05, 0.1) is 6.42 Å². The lowest BCUT2D eigenvalue weighted by Gasteiger charge is -2.26. The molecular formula is C12H15N3O2S. The first-order valence-corrected chi connectivity index (χ1v) is 6.68. The number of carboxylic acids is 1. The van der Waals surface area contributed by atoms with Crippen LogP contribution in [-0.2, 0) is 4.79 Å². The Labute approximate surface area is 109 Å². The number of thiophene rings is 1. The van der Waals surface area contributed by atoms with Crippen LogP contribution in [-0.4, -0.2) is 33.6 Å². The average Bonchev–Trinajstić information content (AvgIpc) is 2.76. The molecule has 96 valence electrons. The van der Waals surface area contributed by atoms with Crippen LogP contribution in [0, 0.1) is 0 Å². The van der Waals surface area contributed by atoms with Crippen molar-refractivity contribution in [1.29, 1.82) is 0 Å². The lowest BCUT2D eigenvalue weighted by atomic mass is 10.2. The molecule has 0 aromatic carbocycles. The van der Waals surface area contributed by atoms with Crippen LogP contribution in [0.3, 0.4) is 0 Å². The summed E-state index contributed by atoms with van der Waals surface area (Å²) >= 11 is 1.56. The van der Waals surface area contributed by atoms with E-state index in [4.69, 9.17) is 5.11 Å². The number of anilines is 1. The molecule has 18 heavy (non-hydrogen) atoms. The molecule has 0 spiro atoms. The van der Waals surface area contributed by atoms with Crippen molar-refractivity contribution in [1.82, 2.24) is 9.97 Å². The number of nitrogens with zero attached hydrogens (tertiary/aromatic N) is 3. The fourth-order valence-electron chi connectivity index (χ4n) is 1.90. The zero-order valence-electron chi connectivity index (χ0n) is 10.3. The molecule has 0 aliphatic rings. The molecule has 2 rings (SSSR count). The van der Waals surface area contributed by atoms with Crippen molar-refractivity contribution in [2.24, 2.45) is 0 Å². The van der Waals surface area contributed by atoms with Gasteiger partial charge < -0.3 is 10.0 Å². The molecule has 0 saturated carbocycles. The van der Waals surface area contributed by atoms with E-state index >= 15 is 0 Å². The van der Waals surface area contributed by atoms with Gasteiger partial charge in [0, 0.05) is 24.2 Å². The minimum Gasteiger partial charge on any atom is -0.481 e. The Bertz CT molecular complexity index is 555. The van der Waals surface area contributed by atoms with Gasteiger partial charge in [-0.3, -0.25) is 4.79 Å². The lowest BCUT2D eigenvalue weighted by molar-refractivity contribution is -0.137. The van der Waals surface area contributed by atoms with E-state index in [1.165, 1.54) is 0 Å². The Balaban J connectivity index is 2.28. The molecule has 0 saturated heterocycles. The Morgan fingerprint density at radius 3 is 3.06 bits per heavy atom. The van der Waals surface area contributed by atoms with Crippen molar-refractivity contribution >= 4 is 33.5 Å². The van der Waals surface area contributed by atoms with E-state index in [0.717, 1.165) is 10.2 Å². The maximum atomic E-state index is 10.8. The van der Waals surface area contributed by atoms with Crippen LogP contribution >= 0.6 is 11.3 Å². The molecule has 0 bridgehead atoms. The van der Waals surface area contributed by atoms with Gasteiger partial charge in [0.1, 0.15) is 4.83 Å². The van der Waals surface area contributed by atoms with Crippen molar-refractivity contribution in [3.05, 3.63) is 17.6 Å². The minimum atomic E-state index is -0.807. The molecule has 0 amide bonds. The highest BCUT2D eigenvalue weighted by molar-refractivity contribution is 7.16.